The van der Waals surface area contributed by atoms with Crippen LogP contribution in [-0.2, 0) is 16.4 Å². The van der Waals surface area contributed by atoms with Gasteiger partial charge in [0, 0.05) is 13.1 Å². The van der Waals surface area contributed by atoms with Gasteiger partial charge in [-0.3, -0.25) is 0 Å². The van der Waals surface area contributed by atoms with Crippen LogP contribution >= 0.6 is 0 Å². The molecule has 0 N–H and O–H groups in total. The van der Waals surface area contributed by atoms with Crippen LogP contribution < -0.4 is 0 Å². The van der Waals surface area contributed by atoms with E-state index in [1.807, 2.05) is 6.07 Å². The third-order valence-corrected chi connectivity index (χ3v) is 6.65. The number of sulfonamides is 1. The molecule has 1 aromatic rings. The largest absolute Gasteiger partial charge is 0.216 e. The molecule has 3 nitrogen and oxygen atoms in total. The average molecular weight is 279 g/mol. The minimum atomic E-state index is -2.95. The average Bonchev–Trinajstić information content (AvgIpc) is 3.25. The summed E-state index contributed by atoms with van der Waals surface area (Å²) in [4.78, 5) is 0. The van der Waals surface area contributed by atoms with Crippen molar-refractivity contribution in [3.05, 3.63) is 35.9 Å². The number of rotatable bonds is 4. The van der Waals surface area contributed by atoms with E-state index in [1.54, 1.807) is 4.31 Å². The van der Waals surface area contributed by atoms with Crippen molar-refractivity contribution in [2.24, 2.45) is 5.92 Å². The van der Waals surface area contributed by atoms with Gasteiger partial charge in [-0.05, 0) is 43.6 Å². The maximum atomic E-state index is 12.1. The molecule has 4 heteroatoms. The topological polar surface area (TPSA) is 37.4 Å². The van der Waals surface area contributed by atoms with Crippen LogP contribution in [-0.4, -0.2) is 31.1 Å². The summed E-state index contributed by atoms with van der Waals surface area (Å²) in [5.41, 5.74) is 1.37. The van der Waals surface area contributed by atoms with Gasteiger partial charge in [-0.15, -0.1) is 0 Å². The Labute approximate surface area is 115 Å². The Morgan fingerprint density at radius 2 is 1.63 bits per heavy atom. The Morgan fingerprint density at radius 1 is 1.00 bits per heavy atom. The molecule has 19 heavy (non-hydrogen) atoms. The minimum Gasteiger partial charge on any atom is -0.212 e. The fourth-order valence-electron chi connectivity index (χ4n) is 2.89. The maximum Gasteiger partial charge on any atom is 0.216 e. The smallest absolute Gasteiger partial charge is 0.212 e. The van der Waals surface area contributed by atoms with Crippen LogP contribution in [0.4, 0.5) is 0 Å². The van der Waals surface area contributed by atoms with Crippen molar-refractivity contribution in [1.82, 2.24) is 4.31 Å². The molecule has 2 fully saturated rings. The molecule has 1 aliphatic heterocycles. The highest BCUT2D eigenvalue weighted by molar-refractivity contribution is 7.90. The third kappa shape index (κ3) is 3.00. The SMILES string of the molecule is O=S(=O)(C1CC1)N1CCC(Cc2ccccc2)CC1. The van der Waals surface area contributed by atoms with E-state index in [1.165, 1.54) is 5.56 Å². The van der Waals surface area contributed by atoms with E-state index in [0.717, 1.165) is 45.2 Å². The van der Waals surface area contributed by atoms with Gasteiger partial charge in [0.2, 0.25) is 10.0 Å². The molecule has 1 aliphatic carbocycles. The summed E-state index contributed by atoms with van der Waals surface area (Å²) in [6.07, 6.45) is 4.82. The summed E-state index contributed by atoms with van der Waals surface area (Å²) in [6.45, 7) is 1.44. The predicted molar refractivity (Wildman–Crippen MR) is 76.4 cm³/mol. The molecule has 0 aromatic heterocycles. The van der Waals surface area contributed by atoms with Crippen LogP contribution in [0.25, 0.3) is 0 Å². The molecule has 104 valence electrons. The first-order chi connectivity index (χ1) is 9.16. The molecule has 0 unspecified atom stereocenters. The van der Waals surface area contributed by atoms with Crippen molar-refractivity contribution in [2.75, 3.05) is 13.1 Å². The normalized spacial score (nSPS) is 22.5. The lowest BCUT2D eigenvalue weighted by Gasteiger charge is -2.31. The van der Waals surface area contributed by atoms with E-state index in [4.69, 9.17) is 0 Å². The van der Waals surface area contributed by atoms with Gasteiger partial charge in [-0.25, -0.2) is 12.7 Å². The lowest BCUT2D eigenvalue weighted by Crippen LogP contribution is -2.40. The summed E-state index contributed by atoms with van der Waals surface area (Å²) < 4.78 is 26.0. The number of piperidine rings is 1. The van der Waals surface area contributed by atoms with E-state index in [9.17, 15) is 8.42 Å². The standard InChI is InChI=1S/C15H21NO2S/c17-19(18,15-6-7-15)16-10-8-14(9-11-16)12-13-4-2-1-3-5-13/h1-5,14-15H,6-12H2. The Bertz CT molecular complexity index is 514. The van der Waals surface area contributed by atoms with Crippen LogP contribution in [0.3, 0.4) is 0 Å². The highest BCUT2D eigenvalue weighted by atomic mass is 32.2. The fourth-order valence-corrected chi connectivity index (χ4v) is 4.77. The van der Waals surface area contributed by atoms with Gasteiger partial charge in [-0.1, -0.05) is 30.3 Å². The van der Waals surface area contributed by atoms with Crippen molar-refractivity contribution in [3.63, 3.8) is 0 Å². The van der Waals surface area contributed by atoms with Crippen LogP contribution in [0.2, 0.25) is 0 Å². The van der Waals surface area contributed by atoms with Crippen LogP contribution in [0.1, 0.15) is 31.2 Å². The first-order valence-electron chi connectivity index (χ1n) is 7.19. The molecule has 0 spiro atoms. The predicted octanol–water partition coefficient (Wildman–Crippen LogP) is 2.43. The molecule has 0 atom stereocenters. The number of benzene rings is 1. The Morgan fingerprint density at radius 3 is 2.21 bits per heavy atom. The second kappa shape index (κ2) is 5.25. The molecule has 3 rings (SSSR count). The quantitative estimate of drug-likeness (QED) is 0.849. The van der Waals surface area contributed by atoms with Gasteiger partial charge in [0.25, 0.3) is 0 Å². The first kappa shape index (κ1) is 13.1. The summed E-state index contributed by atoms with van der Waals surface area (Å²) in [5, 5.41) is -0.0572. The summed E-state index contributed by atoms with van der Waals surface area (Å²) in [7, 11) is -2.95. The monoisotopic (exact) mass is 279 g/mol. The molecular weight excluding hydrogens is 258 g/mol. The molecule has 2 aliphatic rings. The third-order valence-electron chi connectivity index (χ3n) is 4.25. The van der Waals surface area contributed by atoms with Gasteiger partial charge >= 0.3 is 0 Å². The van der Waals surface area contributed by atoms with Gasteiger partial charge in [0.15, 0.2) is 0 Å². The molecule has 0 bridgehead atoms. The van der Waals surface area contributed by atoms with Gasteiger partial charge in [0.1, 0.15) is 0 Å². The van der Waals surface area contributed by atoms with Gasteiger partial charge < -0.3 is 0 Å². The molecule has 1 saturated carbocycles. The zero-order valence-corrected chi connectivity index (χ0v) is 12.0. The summed E-state index contributed by atoms with van der Waals surface area (Å²) >= 11 is 0. The van der Waals surface area contributed by atoms with Crippen molar-refractivity contribution >= 4 is 10.0 Å². The van der Waals surface area contributed by atoms with E-state index < -0.39 is 10.0 Å². The molecule has 1 heterocycles. The van der Waals surface area contributed by atoms with Gasteiger partial charge in [0.05, 0.1) is 5.25 Å². The molecule has 0 radical (unpaired) electrons. The van der Waals surface area contributed by atoms with Crippen LogP contribution in [0, 0.1) is 5.92 Å². The summed E-state index contributed by atoms with van der Waals surface area (Å²) in [5.74, 6) is 0.632. The van der Waals surface area contributed by atoms with E-state index >= 15 is 0 Å². The van der Waals surface area contributed by atoms with Crippen molar-refractivity contribution < 1.29 is 8.42 Å². The van der Waals surface area contributed by atoms with Crippen molar-refractivity contribution in [2.45, 2.75) is 37.4 Å². The maximum absolute atomic E-state index is 12.1. The molecule has 1 saturated heterocycles. The van der Waals surface area contributed by atoms with Gasteiger partial charge in [-0.2, -0.15) is 0 Å². The Balaban J connectivity index is 1.55. The highest BCUT2D eigenvalue weighted by Crippen LogP contribution is 2.33. The van der Waals surface area contributed by atoms with E-state index in [0.29, 0.717) is 5.92 Å². The lowest BCUT2D eigenvalue weighted by atomic mass is 9.91. The second-order valence-electron chi connectivity index (χ2n) is 5.78. The molecule has 0 amide bonds. The highest BCUT2D eigenvalue weighted by Gasteiger charge is 2.41. The van der Waals surface area contributed by atoms with E-state index in [-0.39, 0.29) is 5.25 Å². The second-order valence-corrected chi connectivity index (χ2v) is 7.99. The van der Waals surface area contributed by atoms with Crippen LogP contribution in [0.15, 0.2) is 30.3 Å². The number of hydrogen-bond acceptors (Lipinski definition) is 2. The van der Waals surface area contributed by atoms with Crippen LogP contribution in [0.5, 0.6) is 0 Å². The first-order valence-corrected chi connectivity index (χ1v) is 8.69. The number of hydrogen-bond donors (Lipinski definition) is 0. The van der Waals surface area contributed by atoms with E-state index in [2.05, 4.69) is 24.3 Å². The summed E-state index contributed by atoms with van der Waals surface area (Å²) in [6, 6.07) is 10.5. The lowest BCUT2D eigenvalue weighted by molar-refractivity contribution is 0.272. The molecular formula is C15H21NO2S. The fraction of sp³-hybridized carbons (Fsp3) is 0.600. The number of nitrogens with zero attached hydrogens (tertiary/aromatic N) is 1. The van der Waals surface area contributed by atoms with Crippen molar-refractivity contribution in [3.8, 4) is 0 Å². The molecule has 1 aromatic carbocycles. The zero-order valence-electron chi connectivity index (χ0n) is 11.2. The Hall–Kier alpha value is -0.870. The zero-order chi connectivity index (χ0) is 13.3. The van der Waals surface area contributed by atoms with Crippen molar-refractivity contribution in [1.29, 1.82) is 0 Å². The Kier molecular flexibility index (Phi) is 3.63. The minimum absolute atomic E-state index is 0.0572.